The number of hydrogen-bond donors (Lipinski definition) is 2. The minimum absolute atomic E-state index is 0.0760. The van der Waals surface area contributed by atoms with Gasteiger partial charge >= 0.3 is 0 Å². The van der Waals surface area contributed by atoms with E-state index in [0.29, 0.717) is 16.7 Å². The summed E-state index contributed by atoms with van der Waals surface area (Å²) in [4.78, 5) is 19.1. The quantitative estimate of drug-likeness (QED) is 0.404. The monoisotopic (exact) mass is 445 g/mol. The zero-order valence-electron chi connectivity index (χ0n) is 18.1. The number of anilines is 1. The molecule has 2 aromatic carbocycles. The third kappa shape index (κ3) is 5.70. The molecule has 0 spiro atoms. The lowest BCUT2D eigenvalue weighted by Crippen LogP contribution is -2.16. The van der Waals surface area contributed by atoms with Gasteiger partial charge < -0.3 is 4.74 Å². The summed E-state index contributed by atoms with van der Waals surface area (Å²) in [5.74, 6) is -0.280. The fraction of sp³-hybridized carbons (Fsp3) is 0.280. The number of nitriles is 1. The molecule has 0 atom stereocenters. The minimum Gasteiger partial charge on any atom is -0.373 e. The summed E-state index contributed by atoms with van der Waals surface area (Å²) in [6.45, 7) is 0.255. The molecule has 3 aromatic rings. The molecule has 1 saturated carbocycles. The average Bonchev–Trinajstić information content (AvgIpc) is 2.84. The van der Waals surface area contributed by atoms with Gasteiger partial charge in [0.25, 0.3) is 5.56 Å². The Morgan fingerprint density at radius 2 is 2.00 bits per heavy atom. The van der Waals surface area contributed by atoms with Gasteiger partial charge in [-0.05, 0) is 24.5 Å². The van der Waals surface area contributed by atoms with E-state index in [4.69, 9.17) is 4.74 Å². The number of H-pyrrole nitrogens is 1. The fourth-order valence-electron chi connectivity index (χ4n) is 3.80. The standard InChI is InChI=1S/C25H24FN5O2/c26-22-13-17(11-12-19(22)16-33-20-9-5-2-6-10-20)15-28-31-25-29-23(18-7-3-1-4-8-18)21(14-27)24(32)30-25/h1,3-4,7-8,11-13,15,20H,2,5-6,9-10,16H2,(H2,29,30,31,32). The number of hydrogen-bond acceptors (Lipinski definition) is 6. The third-order valence-corrected chi connectivity index (χ3v) is 5.57. The molecule has 1 aromatic heterocycles. The van der Waals surface area contributed by atoms with Crippen molar-refractivity contribution in [1.29, 1.82) is 5.26 Å². The van der Waals surface area contributed by atoms with E-state index in [2.05, 4.69) is 20.5 Å². The number of rotatable bonds is 7. The molecule has 0 saturated heterocycles. The van der Waals surface area contributed by atoms with Gasteiger partial charge in [-0.2, -0.15) is 10.4 Å². The predicted molar refractivity (Wildman–Crippen MR) is 124 cm³/mol. The Hall–Kier alpha value is -3.83. The Kier molecular flexibility index (Phi) is 7.22. The van der Waals surface area contributed by atoms with E-state index in [1.807, 2.05) is 12.1 Å². The molecular weight excluding hydrogens is 421 g/mol. The molecule has 0 bridgehead atoms. The number of aromatic nitrogens is 2. The Labute approximate surface area is 191 Å². The zero-order valence-corrected chi connectivity index (χ0v) is 18.1. The van der Waals surface area contributed by atoms with Crippen LogP contribution in [0.25, 0.3) is 11.3 Å². The van der Waals surface area contributed by atoms with E-state index < -0.39 is 5.56 Å². The summed E-state index contributed by atoms with van der Waals surface area (Å²) in [7, 11) is 0. The van der Waals surface area contributed by atoms with Crippen LogP contribution in [-0.2, 0) is 11.3 Å². The van der Waals surface area contributed by atoms with Crippen molar-refractivity contribution in [2.24, 2.45) is 5.10 Å². The average molecular weight is 445 g/mol. The van der Waals surface area contributed by atoms with Crippen LogP contribution in [0, 0.1) is 17.1 Å². The molecule has 168 valence electrons. The molecule has 4 rings (SSSR count). The highest BCUT2D eigenvalue weighted by atomic mass is 19.1. The molecule has 1 aliphatic carbocycles. The van der Waals surface area contributed by atoms with Gasteiger partial charge in [-0.15, -0.1) is 0 Å². The van der Waals surface area contributed by atoms with Crippen LogP contribution in [0.2, 0.25) is 0 Å². The van der Waals surface area contributed by atoms with Crippen LogP contribution < -0.4 is 11.0 Å². The zero-order chi connectivity index (χ0) is 23.0. The first-order valence-electron chi connectivity index (χ1n) is 10.9. The lowest BCUT2D eigenvalue weighted by molar-refractivity contribution is 0.0156. The Morgan fingerprint density at radius 1 is 1.21 bits per heavy atom. The van der Waals surface area contributed by atoms with Gasteiger partial charge in [0.15, 0.2) is 0 Å². The maximum atomic E-state index is 14.5. The van der Waals surface area contributed by atoms with Gasteiger partial charge in [0.1, 0.15) is 17.4 Å². The number of nitrogens with zero attached hydrogens (tertiary/aromatic N) is 3. The van der Waals surface area contributed by atoms with Crippen LogP contribution in [0.4, 0.5) is 10.3 Å². The number of ether oxygens (including phenoxy) is 1. The van der Waals surface area contributed by atoms with Crippen LogP contribution in [-0.4, -0.2) is 22.3 Å². The Balaban J connectivity index is 1.43. The first-order chi connectivity index (χ1) is 16.1. The fourth-order valence-corrected chi connectivity index (χ4v) is 3.80. The molecule has 0 amide bonds. The number of aromatic amines is 1. The van der Waals surface area contributed by atoms with Gasteiger partial charge in [-0.1, -0.05) is 61.7 Å². The van der Waals surface area contributed by atoms with Crippen molar-refractivity contribution < 1.29 is 9.13 Å². The number of nitrogens with one attached hydrogen (secondary N) is 2. The number of halogens is 1. The minimum atomic E-state index is -0.572. The third-order valence-electron chi connectivity index (χ3n) is 5.57. The molecule has 1 aliphatic rings. The van der Waals surface area contributed by atoms with E-state index in [9.17, 15) is 14.4 Å². The second kappa shape index (κ2) is 10.7. The van der Waals surface area contributed by atoms with E-state index in [-0.39, 0.29) is 35.7 Å². The predicted octanol–water partition coefficient (Wildman–Crippen LogP) is 4.74. The topological polar surface area (TPSA) is 103 Å². The maximum Gasteiger partial charge on any atom is 0.270 e. The Bertz CT molecular complexity index is 1230. The van der Waals surface area contributed by atoms with Crippen LogP contribution in [0.1, 0.15) is 48.8 Å². The number of benzene rings is 2. The van der Waals surface area contributed by atoms with Crippen LogP contribution >= 0.6 is 0 Å². The molecule has 0 radical (unpaired) electrons. The van der Waals surface area contributed by atoms with E-state index >= 15 is 0 Å². The van der Waals surface area contributed by atoms with Crippen molar-refractivity contribution >= 4 is 12.2 Å². The molecule has 0 aliphatic heterocycles. The molecule has 1 heterocycles. The summed E-state index contributed by atoms with van der Waals surface area (Å²) in [5, 5.41) is 13.4. The van der Waals surface area contributed by atoms with Crippen LogP contribution in [0.15, 0.2) is 58.4 Å². The number of hydrazone groups is 1. The highest BCUT2D eigenvalue weighted by Gasteiger charge is 2.15. The molecular formula is C25H24FN5O2. The second-order valence-electron chi connectivity index (χ2n) is 7.91. The molecule has 0 unspecified atom stereocenters. The summed E-state index contributed by atoms with van der Waals surface area (Å²) >= 11 is 0. The Morgan fingerprint density at radius 3 is 2.73 bits per heavy atom. The smallest absolute Gasteiger partial charge is 0.270 e. The highest BCUT2D eigenvalue weighted by Crippen LogP contribution is 2.22. The summed E-state index contributed by atoms with van der Waals surface area (Å²) in [6.07, 6.45) is 7.30. The van der Waals surface area contributed by atoms with Gasteiger partial charge in [-0.3, -0.25) is 9.78 Å². The first kappa shape index (κ1) is 22.4. The van der Waals surface area contributed by atoms with E-state index in [1.165, 1.54) is 31.5 Å². The van der Waals surface area contributed by atoms with Gasteiger partial charge in [0, 0.05) is 11.1 Å². The summed E-state index contributed by atoms with van der Waals surface area (Å²) in [6, 6.07) is 15.7. The van der Waals surface area contributed by atoms with E-state index in [0.717, 1.165) is 12.8 Å². The van der Waals surface area contributed by atoms with Gasteiger partial charge in [0.05, 0.1) is 24.6 Å². The van der Waals surface area contributed by atoms with Crippen molar-refractivity contribution in [3.8, 4) is 17.3 Å². The molecule has 2 N–H and O–H groups in total. The van der Waals surface area contributed by atoms with Crippen LogP contribution in [0.3, 0.4) is 0 Å². The van der Waals surface area contributed by atoms with Crippen molar-refractivity contribution in [3.63, 3.8) is 0 Å². The lowest BCUT2D eigenvalue weighted by atomic mass is 9.98. The van der Waals surface area contributed by atoms with Crippen molar-refractivity contribution in [2.45, 2.75) is 44.8 Å². The molecule has 8 heteroatoms. The van der Waals surface area contributed by atoms with Crippen molar-refractivity contribution in [3.05, 3.63) is 81.4 Å². The van der Waals surface area contributed by atoms with E-state index in [1.54, 1.807) is 36.4 Å². The highest BCUT2D eigenvalue weighted by molar-refractivity contribution is 5.80. The van der Waals surface area contributed by atoms with Gasteiger partial charge in [-0.25, -0.2) is 14.8 Å². The SMILES string of the molecule is N#Cc1c(-c2ccccc2)nc(NN=Cc2ccc(COC3CCCCC3)c(F)c2)[nH]c1=O. The summed E-state index contributed by atoms with van der Waals surface area (Å²) in [5.41, 5.74) is 3.94. The molecule has 1 fully saturated rings. The van der Waals surface area contributed by atoms with Gasteiger partial charge in [0.2, 0.25) is 5.95 Å². The second-order valence-corrected chi connectivity index (χ2v) is 7.91. The molecule has 33 heavy (non-hydrogen) atoms. The lowest BCUT2D eigenvalue weighted by Gasteiger charge is -2.22. The normalized spacial score (nSPS) is 14.3. The molecule has 7 nitrogen and oxygen atoms in total. The largest absolute Gasteiger partial charge is 0.373 e. The first-order valence-corrected chi connectivity index (χ1v) is 10.9. The maximum absolute atomic E-state index is 14.5. The van der Waals surface area contributed by atoms with Crippen molar-refractivity contribution in [1.82, 2.24) is 9.97 Å². The van der Waals surface area contributed by atoms with Crippen molar-refractivity contribution in [2.75, 3.05) is 5.43 Å². The van der Waals surface area contributed by atoms with Crippen LogP contribution in [0.5, 0.6) is 0 Å². The summed E-state index contributed by atoms with van der Waals surface area (Å²) < 4.78 is 20.3.